The molecule has 0 aliphatic heterocycles. The quantitative estimate of drug-likeness (QED) is 0.567. The van der Waals surface area contributed by atoms with Gasteiger partial charge in [0.15, 0.2) is 0 Å². The molecular weight excluding hydrogens is 335 g/mol. The molecule has 0 aliphatic rings. The van der Waals surface area contributed by atoms with Gasteiger partial charge in [-0.3, -0.25) is 4.79 Å². The molecule has 0 heterocycles. The summed E-state index contributed by atoms with van der Waals surface area (Å²) in [6, 6.07) is 10.0. The highest BCUT2D eigenvalue weighted by Gasteiger charge is 2.11. The van der Waals surface area contributed by atoms with Crippen molar-refractivity contribution in [2.75, 3.05) is 17.7 Å². The van der Waals surface area contributed by atoms with E-state index in [1.165, 1.54) is 12.1 Å². The van der Waals surface area contributed by atoms with E-state index in [0.717, 1.165) is 12.8 Å². The number of benzene rings is 2. The van der Waals surface area contributed by atoms with Crippen LogP contribution in [0.1, 0.15) is 30.1 Å². The van der Waals surface area contributed by atoms with E-state index in [-0.39, 0.29) is 5.91 Å². The van der Waals surface area contributed by atoms with Crippen molar-refractivity contribution in [3.63, 3.8) is 0 Å². The normalized spacial score (nSPS) is 10.4. The van der Waals surface area contributed by atoms with Gasteiger partial charge >= 0.3 is 0 Å². The van der Waals surface area contributed by atoms with Gasteiger partial charge in [-0.25, -0.2) is 0 Å². The molecule has 0 bridgehead atoms. The average Bonchev–Trinajstić information content (AvgIpc) is 2.53. The smallest absolute Gasteiger partial charge is 0.255 e. The maximum absolute atomic E-state index is 12.3. The number of carbonyl (C=O) groups excluding carboxylic acids is 1. The van der Waals surface area contributed by atoms with E-state index in [4.69, 9.17) is 33.7 Å². The van der Waals surface area contributed by atoms with E-state index < -0.39 is 0 Å². The zero-order chi connectivity index (χ0) is 16.8. The number of unbranched alkanes of at least 4 members (excludes halogenated alkanes) is 1. The fourth-order valence-electron chi connectivity index (χ4n) is 1.91. The Hall–Kier alpha value is -1.91. The summed E-state index contributed by atoms with van der Waals surface area (Å²) in [7, 11) is 0. The number of ether oxygens (including phenoxy) is 1. The lowest BCUT2D eigenvalue weighted by molar-refractivity contribution is 0.102. The van der Waals surface area contributed by atoms with Gasteiger partial charge in [-0.2, -0.15) is 0 Å². The van der Waals surface area contributed by atoms with Gasteiger partial charge in [0.05, 0.1) is 28.0 Å². The lowest BCUT2D eigenvalue weighted by Gasteiger charge is -2.10. The number of amides is 1. The van der Waals surface area contributed by atoms with Crippen molar-refractivity contribution in [2.45, 2.75) is 19.8 Å². The van der Waals surface area contributed by atoms with E-state index in [1.54, 1.807) is 18.2 Å². The Kier molecular flexibility index (Phi) is 6.13. The van der Waals surface area contributed by atoms with Crippen LogP contribution in [0, 0.1) is 0 Å². The first-order valence-corrected chi connectivity index (χ1v) is 8.05. The van der Waals surface area contributed by atoms with Crippen LogP contribution in [0.25, 0.3) is 0 Å². The Morgan fingerprint density at radius 1 is 1.22 bits per heavy atom. The molecule has 0 aromatic heterocycles. The maximum atomic E-state index is 12.3. The summed E-state index contributed by atoms with van der Waals surface area (Å²) in [6.07, 6.45) is 2.02. The predicted octanol–water partition coefficient (Wildman–Crippen LogP) is 5.01. The molecule has 2 rings (SSSR count). The van der Waals surface area contributed by atoms with Gasteiger partial charge in [0, 0.05) is 5.56 Å². The van der Waals surface area contributed by atoms with Crippen molar-refractivity contribution in [1.82, 2.24) is 0 Å². The van der Waals surface area contributed by atoms with Crippen molar-refractivity contribution in [1.29, 1.82) is 0 Å². The van der Waals surface area contributed by atoms with Gasteiger partial charge in [-0.05, 0) is 36.8 Å². The van der Waals surface area contributed by atoms with Gasteiger partial charge in [0.1, 0.15) is 5.75 Å². The van der Waals surface area contributed by atoms with Crippen LogP contribution in [0.3, 0.4) is 0 Å². The van der Waals surface area contributed by atoms with Crippen LogP contribution in [0.5, 0.6) is 5.75 Å². The molecule has 6 heteroatoms. The lowest BCUT2D eigenvalue weighted by atomic mass is 10.2. The molecule has 0 aliphatic carbocycles. The fourth-order valence-corrected chi connectivity index (χ4v) is 2.30. The minimum atomic E-state index is -0.298. The molecule has 122 valence electrons. The monoisotopic (exact) mass is 352 g/mol. The van der Waals surface area contributed by atoms with Crippen molar-refractivity contribution in [2.24, 2.45) is 0 Å². The van der Waals surface area contributed by atoms with Gasteiger partial charge in [0.2, 0.25) is 0 Å². The van der Waals surface area contributed by atoms with Crippen LogP contribution in [0.4, 0.5) is 11.4 Å². The highest BCUT2D eigenvalue weighted by molar-refractivity contribution is 6.37. The van der Waals surface area contributed by atoms with Gasteiger partial charge < -0.3 is 15.8 Å². The number of carbonyl (C=O) groups is 1. The number of hydrogen-bond donors (Lipinski definition) is 2. The molecule has 0 fully saturated rings. The molecule has 0 saturated carbocycles. The lowest BCUT2D eigenvalue weighted by Crippen LogP contribution is -2.12. The molecule has 0 unspecified atom stereocenters. The van der Waals surface area contributed by atoms with Crippen molar-refractivity contribution < 1.29 is 9.53 Å². The van der Waals surface area contributed by atoms with Crippen LogP contribution in [-0.2, 0) is 0 Å². The molecule has 2 aromatic carbocycles. The number of nitrogens with two attached hydrogens (primary N) is 1. The van der Waals surface area contributed by atoms with Crippen molar-refractivity contribution in [3.05, 3.63) is 52.0 Å². The molecule has 23 heavy (non-hydrogen) atoms. The highest BCUT2D eigenvalue weighted by Crippen LogP contribution is 2.31. The third kappa shape index (κ3) is 4.78. The van der Waals surface area contributed by atoms with Crippen LogP contribution in [0.15, 0.2) is 36.4 Å². The molecular formula is C17H18Cl2N2O2. The van der Waals surface area contributed by atoms with Crippen LogP contribution in [-0.4, -0.2) is 12.5 Å². The summed E-state index contributed by atoms with van der Waals surface area (Å²) >= 11 is 12.0. The van der Waals surface area contributed by atoms with Gasteiger partial charge in [-0.1, -0.05) is 42.6 Å². The van der Waals surface area contributed by atoms with E-state index in [9.17, 15) is 4.79 Å². The summed E-state index contributed by atoms with van der Waals surface area (Å²) in [5.41, 5.74) is 6.91. The first-order chi connectivity index (χ1) is 11.0. The SMILES string of the molecule is CCCCOc1cccc(C(=O)Nc2cc(Cl)c(N)cc2Cl)c1. The minimum Gasteiger partial charge on any atom is -0.494 e. The van der Waals surface area contributed by atoms with E-state index in [2.05, 4.69) is 12.2 Å². The number of nitrogen functional groups attached to an aromatic ring is 1. The second-order valence-electron chi connectivity index (χ2n) is 5.04. The van der Waals surface area contributed by atoms with Crippen LogP contribution >= 0.6 is 23.2 Å². The summed E-state index contributed by atoms with van der Waals surface area (Å²) in [4.78, 5) is 12.3. The molecule has 3 N–H and O–H groups in total. The van der Waals surface area contributed by atoms with E-state index >= 15 is 0 Å². The molecule has 4 nitrogen and oxygen atoms in total. The Morgan fingerprint density at radius 2 is 2.00 bits per heavy atom. The summed E-state index contributed by atoms with van der Waals surface area (Å²) in [6.45, 7) is 2.72. The number of halogens is 2. The second kappa shape index (κ2) is 8.09. The minimum absolute atomic E-state index is 0.298. The van der Waals surface area contributed by atoms with Crippen LogP contribution < -0.4 is 15.8 Å². The second-order valence-corrected chi connectivity index (χ2v) is 5.85. The van der Waals surface area contributed by atoms with Crippen LogP contribution in [0.2, 0.25) is 10.0 Å². The van der Waals surface area contributed by atoms with Crippen molar-refractivity contribution in [3.8, 4) is 5.75 Å². The first kappa shape index (κ1) is 17.4. The summed E-state index contributed by atoms with van der Waals surface area (Å²) in [5.74, 6) is 0.362. The number of anilines is 2. The summed E-state index contributed by atoms with van der Waals surface area (Å²) in [5, 5.41) is 3.39. The Labute approximate surface area is 145 Å². The van der Waals surface area contributed by atoms with Gasteiger partial charge in [-0.15, -0.1) is 0 Å². The predicted molar refractivity (Wildman–Crippen MR) is 95.7 cm³/mol. The Bertz CT molecular complexity index is 705. The average molecular weight is 353 g/mol. The molecule has 0 spiro atoms. The largest absolute Gasteiger partial charge is 0.494 e. The Morgan fingerprint density at radius 3 is 2.74 bits per heavy atom. The zero-order valence-corrected chi connectivity index (χ0v) is 14.2. The standard InChI is InChI=1S/C17H18Cl2N2O2/c1-2-3-7-23-12-6-4-5-11(8-12)17(22)21-16-10-13(18)15(20)9-14(16)19/h4-6,8-10H,2-3,7,20H2,1H3,(H,21,22). The molecule has 0 saturated heterocycles. The number of hydrogen-bond acceptors (Lipinski definition) is 3. The number of nitrogens with one attached hydrogen (secondary N) is 1. The molecule has 0 atom stereocenters. The number of rotatable bonds is 6. The van der Waals surface area contributed by atoms with Gasteiger partial charge in [0.25, 0.3) is 5.91 Å². The summed E-state index contributed by atoms with van der Waals surface area (Å²) < 4.78 is 5.60. The molecule has 0 radical (unpaired) electrons. The van der Waals surface area contributed by atoms with Crippen molar-refractivity contribution >= 4 is 40.5 Å². The zero-order valence-electron chi connectivity index (χ0n) is 12.7. The third-order valence-corrected chi connectivity index (χ3v) is 3.84. The first-order valence-electron chi connectivity index (χ1n) is 7.30. The fraction of sp³-hybridized carbons (Fsp3) is 0.235. The highest BCUT2D eigenvalue weighted by atomic mass is 35.5. The topological polar surface area (TPSA) is 64.3 Å². The third-order valence-electron chi connectivity index (χ3n) is 3.20. The van der Waals surface area contributed by atoms with E-state index in [0.29, 0.717) is 39.3 Å². The Balaban J connectivity index is 2.12. The molecule has 1 amide bonds. The van der Waals surface area contributed by atoms with E-state index in [1.807, 2.05) is 6.07 Å². The molecule has 2 aromatic rings. The maximum Gasteiger partial charge on any atom is 0.255 e.